The molecule has 1 aromatic carbocycles. The Bertz CT molecular complexity index is 487. The molecule has 1 saturated carbocycles. The highest BCUT2D eigenvalue weighted by atomic mass is 35.5. The Labute approximate surface area is 125 Å². The minimum atomic E-state index is 0.146. The first-order chi connectivity index (χ1) is 9.72. The van der Waals surface area contributed by atoms with Crippen molar-refractivity contribution in [2.45, 2.75) is 44.2 Å². The molecule has 0 spiro atoms. The van der Waals surface area contributed by atoms with Crippen LogP contribution in [0.3, 0.4) is 0 Å². The third-order valence-electron chi connectivity index (χ3n) is 4.23. The molecule has 0 radical (unpaired) electrons. The Morgan fingerprint density at radius 3 is 2.85 bits per heavy atom. The highest BCUT2D eigenvalue weighted by Crippen LogP contribution is 2.29. The van der Waals surface area contributed by atoms with Crippen LogP contribution in [0.5, 0.6) is 0 Å². The normalized spacial score (nSPS) is 22.9. The fourth-order valence-corrected chi connectivity index (χ4v) is 3.16. The Morgan fingerprint density at radius 1 is 1.30 bits per heavy atom. The molecule has 0 aromatic heterocycles. The summed E-state index contributed by atoms with van der Waals surface area (Å²) < 4.78 is 0. The van der Waals surface area contributed by atoms with Gasteiger partial charge in [-0.25, -0.2) is 0 Å². The quantitative estimate of drug-likeness (QED) is 0.905. The van der Waals surface area contributed by atoms with Crippen LogP contribution in [0.4, 0.5) is 0 Å². The van der Waals surface area contributed by atoms with Gasteiger partial charge >= 0.3 is 0 Å². The van der Waals surface area contributed by atoms with Crippen LogP contribution >= 0.6 is 11.6 Å². The second-order valence-corrected chi connectivity index (χ2v) is 6.28. The molecule has 2 aliphatic rings. The van der Waals surface area contributed by atoms with Gasteiger partial charge < -0.3 is 5.32 Å². The maximum Gasteiger partial charge on any atom is 0.220 e. The zero-order valence-corrected chi connectivity index (χ0v) is 12.4. The molecule has 1 atom stereocenters. The first-order valence-electron chi connectivity index (χ1n) is 7.49. The molecule has 20 heavy (non-hydrogen) atoms. The molecule has 108 valence electrons. The molecule has 0 bridgehead atoms. The first kappa shape index (κ1) is 13.9. The van der Waals surface area contributed by atoms with E-state index < -0.39 is 0 Å². The molecule has 1 N–H and O–H groups in total. The molecular formula is C16H21ClN2O. The average Bonchev–Trinajstić information content (AvgIpc) is 3.19. The summed E-state index contributed by atoms with van der Waals surface area (Å²) >= 11 is 6.10. The summed E-state index contributed by atoms with van der Waals surface area (Å²) in [5.41, 5.74) is 1.05. The summed E-state index contributed by atoms with van der Waals surface area (Å²) in [6.07, 6.45) is 5.00. The third kappa shape index (κ3) is 3.53. The van der Waals surface area contributed by atoms with Crippen molar-refractivity contribution in [1.29, 1.82) is 0 Å². The van der Waals surface area contributed by atoms with Gasteiger partial charge in [-0.2, -0.15) is 0 Å². The van der Waals surface area contributed by atoms with Crippen LogP contribution in [0.15, 0.2) is 24.3 Å². The molecule has 0 unspecified atom stereocenters. The predicted octanol–water partition coefficient (Wildman–Crippen LogP) is 2.63. The van der Waals surface area contributed by atoms with E-state index in [1.807, 2.05) is 24.3 Å². The van der Waals surface area contributed by atoms with E-state index in [4.69, 9.17) is 11.6 Å². The minimum absolute atomic E-state index is 0.146. The maximum absolute atomic E-state index is 12.0. The van der Waals surface area contributed by atoms with Crippen LogP contribution in [-0.4, -0.2) is 36.0 Å². The summed E-state index contributed by atoms with van der Waals surface area (Å²) in [7, 11) is 0. The number of hydrogen-bond donors (Lipinski definition) is 1. The van der Waals surface area contributed by atoms with Gasteiger partial charge in [-0.3, -0.25) is 9.69 Å². The number of likely N-dealkylation sites (tertiary alicyclic amines) is 1. The number of amides is 1. The topological polar surface area (TPSA) is 32.3 Å². The first-order valence-corrected chi connectivity index (χ1v) is 7.87. The number of rotatable bonds is 5. The lowest BCUT2D eigenvalue weighted by Gasteiger charge is -2.15. The van der Waals surface area contributed by atoms with E-state index in [0.717, 1.165) is 36.1 Å². The average molecular weight is 293 g/mol. The van der Waals surface area contributed by atoms with Crippen LogP contribution in [0.25, 0.3) is 0 Å². The van der Waals surface area contributed by atoms with Crippen molar-refractivity contribution in [2.75, 3.05) is 13.1 Å². The van der Waals surface area contributed by atoms with Gasteiger partial charge in [0.1, 0.15) is 0 Å². The lowest BCUT2D eigenvalue weighted by atomic mass is 10.1. The van der Waals surface area contributed by atoms with E-state index in [2.05, 4.69) is 10.2 Å². The number of hydrogen-bond acceptors (Lipinski definition) is 2. The van der Waals surface area contributed by atoms with Crippen molar-refractivity contribution in [3.63, 3.8) is 0 Å². The van der Waals surface area contributed by atoms with E-state index >= 15 is 0 Å². The van der Waals surface area contributed by atoms with Gasteiger partial charge in [0.15, 0.2) is 0 Å². The second kappa shape index (κ2) is 6.15. The number of nitrogens with one attached hydrogen (secondary N) is 1. The van der Waals surface area contributed by atoms with Crippen molar-refractivity contribution in [2.24, 2.45) is 0 Å². The zero-order valence-electron chi connectivity index (χ0n) is 11.6. The van der Waals surface area contributed by atoms with Gasteiger partial charge in [-0.1, -0.05) is 29.8 Å². The third-order valence-corrected chi connectivity index (χ3v) is 4.60. The summed E-state index contributed by atoms with van der Waals surface area (Å²) in [6.45, 7) is 2.17. The van der Waals surface area contributed by atoms with Crippen molar-refractivity contribution in [3.8, 4) is 0 Å². The van der Waals surface area contributed by atoms with E-state index in [0.29, 0.717) is 18.9 Å². The van der Waals surface area contributed by atoms with Crippen LogP contribution in [0, 0.1) is 0 Å². The van der Waals surface area contributed by atoms with Gasteiger partial charge in [0.2, 0.25) is 5.91 Å². The van der Waals surface area contributed by atoms with Gasteiger partial charge in [0.05, 0.1) is 0 Å². The summed E-state index contributed by atoms with van der Waals surface area (Å²) in [6, 6.07) is 8.88. The van der Waals surface area contributed by atoms with Crippen molar-refractivity contribution in [1.82, 2.24) is 10.2 Å². The molecule has 3 rings (SSSR count). The van der Waals surface area contributed by atoms with Crippen LogP contribution < -0.4 is 5.32 Å². The Morgan fingerprint density at radius 2 is 2.10 bits per heavy atom. The lowest BCUT2D eigenvalue weighted by molar-refractivity contribution is -0.121. The van der Waals surface area contributed by atoms with E-state index in [1.54, 1.807) is 0 Å². The molecule has 1 heterocycles. The summed E-state index contributed by atoms with van der Waals surface area (Å²) in [5, 5.41) is 3.91. The van der Waals surface area contributed by atoms with Gasteiger partial charge in [-0.05, 0) is 37.3 Å². The molecule has 1 aromatic rings. The molecule has 4 heteroatoms. The smallest absolute Gasteiger partial charge is 0.220 e. The minimum Gasteiger partial charge on any atom is -0.352 e. The lowest BCUT2D eigenvalue weighted by Crippen LogP contribution is -2.37. The van der Waals surface area contributed by atoms with Crippen LogP contribution in [0.2, 0.25) is 5.02 Å². The number of nitrogens with zero attached hydrogens (tertiary/aromatic N) is 1. The van der Waals surface area contributed by atoms with Crippen molar-refractivity contribution in [3.05, 3.63) is 34.9 Å². The Hall–Kier alpha value is -1.06. The number of aryl methyl sites for hydroxylation is 1. The van der Waals surface area contributed by atoms with E-state index in [9.17, 15) is 4.79 Å². The van der Waals surface area contributed by atoms with E-state index in [1.165, 1.54) is 12.8 Å². The van der Waals surface area contributed by atoms with Gasteiger partial charge in [0, 0.05) is 36.6 Å². The molecule has 1 aliphatic carbocycles. The molecule has 1 amide bonds. The van der Waals surface area contributed by atoms with E-state index in [-0.39, 0.29) is 5.91 Å². The molecule has 1 saturated heterocycles. The van der Waals surface area contributed by atoms with Crippen LogP contribution in [0.1, 0.15) is 31.2 Å². The number of halogens is 1. The zero-order chi connectivity index (χ0) is 13.9. The number of benzene rings is 1. The fourth-order valence-electron chi connectivity index (χ4n) is 2.93. The van der Waals surface area contributed by atoms with Crippen molar-refractivity contribution >= 4 is 17.5 Å². The fraction of sp³-hybridized carbons (Fsp3) is 0.562. The largest absolute Gasteiger partial charge is 0.352 e. The summed E-state index contributed by atoms with van der Waals surface area (Å²) in [4.78, 5) is 14.5. The highest BCUT2D eigenvalue weighted by Gasteiger charge is 2.34. The second-order valence-electron chi connectivity index (χ2n) is 5.87. The molecule has 1 aliphatic heterocycles. The standard InChI is InChI=1S/C16H21ClN2O/c17-15-4-2-1-3-12(15)5-8-16(20)18-13-9-10-19(11-13)14-6-7-14/h1-4,13-14H,5-11H2,(H,18,20)/t13-/m0/s1. The number of carbonyl (C=O) groups is 1. The maximum atomic E-state index is 12.0. The van der Waals surface area contributed by atoms with Crippen molar-refractivity contribution < 1.29 is 4.79 Å². The number of carbonyl (C=O) groups excluding carboxylic acids is 1. The Balaban J connectivity index is 1.42. The van der Waals surface area contributed by atoms with Crippen LogP contribution in [-0.2, 0) is 11.2 Å². The monoisotopic (exact) mass is 292 g/mol. The molecule has 2 fully saturated rings. The predicted molar refractivity (Wildman–Crippen MR) is 80.9 cm³/mol. The Kier molecular flexibility index (Phi) is 4.27. The van der Waals surface area contributed by atoms with Gasteiger partial charge in [-0.15, -0.1) is 0 Å². The van der Waals surface area contributed by atoms with Gasteiger partial charge in [0.25, 0.3) is 0 Å². The SMILES string of the molecule is O=C(CCc1ccccc1Cl)N[C@H]1CCN(C2CC2)C1. The summed E-state index contributed by atoms with van der Waals surface area (Å²) in [5.74, 6) is 0.146. The highest BCUT2D eigenvalue weighted by molar-refractivity contribution is 6.31. The molecular weight excluding hydrogens is 272 g/mol. The molecule has 3 nitrogen and oxygen atoms in total.